The Bertz CT molecular complexity index is 399. The molecular formula is C17H30NPTi. The van der Waals surface area contributed by atoms with Crippen molar-refractivity contribution in [2.45, 2.75) is 41.0 Å². The van der Waals surface area contributed by atoms with Crippen LogP contribution in [0.4, 0.5) is 0 Å². The van der Waals surface area contributed by atoms with Crippen molar-refractivity contribution in [3.8, 4) is 0 Å². The Morgan fingerprint density at radius 2 is 1.55 bits per heavy atom. The van der Waals surface area contributed by atoms with Gasteiger partial charge in [0.2, 0.25) is 0 Å². The molecule has 0 unspecified atom stereocenters. The van der Waals surface area contributed by atoms with Gasteiger partial charge in [0.05, 0.1) is 0 Å². The average Bonchev–Trinajstić information content (AvgIpc) is 2.89. The largest absolute Gasteiger partial charge is 0.272 e. The van der Waals surface area contributed by atoms with E-state index in [9.17, 15) is 0 Å². The third kappa shape index (κ3) is 8.25. The summed E-state index contributed by atoms with van der Waals surface area (Å²) in [7, 11) is -0.971. The van der Waals surface area contributed by atoms with E-state index >= 15 is 0 Å². The van der Waals surface area contributed by atoms with Gasteiger partial charge in [-0.2, -0.15) is 0 Å². The first-order valence-corrected chi connectivity index (χ1v) is 9.47. The van der Waals surface area contributed by atoms with E-state index in [4.69, 9.17) is 4.74 Å². The standard InChI is InChI=1S/C11H20NP.C6H10.Ti/c1-4-13(5-2,6-3)12-11-9-7-8-10-11;1-5(2)6(3)4;/h7-9H,4-6,10H2,1-3H3;1,3H2,2,4H3;. The van der Waals surface area contributed by atoms with Crippen LogP contribution in [0.3, 0.4) is 0 Å². The summed E-state index contributed by atoms with van der Waals surface area (Å²) >= 11 is 0. The van der Waals surface area contributed by atoms with E-state index in [1.54, 1.807) is 0 Å². The Kier molecular flexibility index (Phi) is 12.8. The van der Waals surface area contributed by atoms with Gasteiger partial charge in [-0.1, -0.05) is 57.2 Å². The summed E-state index contributed by atoms with van der Waals surface area (Å²) in [6.45, 7) is 18.1. The maximum atomic E-state index is 4.97. The van der Waals surface area contributed by atoms with Crippen LogP contribution in [-0.2, 0) is 21.7 Å². The van der Waals surface area contributed by atoms with Crippen molar-refractivity contribution in [1.82, 2.24) is 0 Å². The zero-order valence-electron chi connectivity index (χ0n) is 13.9. The summed E-state index contributed by atoms with van der Waals surface area (Å²) in [5, 5.41) is 0. The summed E-state index contributed by atoms with van der Waals surface area (Å²) < 4.78 is 4.97. The van der Waals surface area contributed by atoms with Crippen LogP contribution in [0.2, 0.25) is 0 Å². The Labute approximate surface area is 141 Å². The smallest absolute Gasteiger partial charge is 0.0425 e. The second-order valence-electron chi connectivity index (χ2n) is 4.99. The van der Waals surface area contributed by atoms with Crippen LogP contribution in [0.25, 0.3) is 0 Å². The van der Waals surface area contributed by atoms with Crippen molar-refractivity contribution < 1.29 is 21.7 Å². The van der Waals surface area contributed by atoms with Gasteiger partial charge in [0, 0.05) is 33.8 Å². The molecule has 0 aliphatic heterocycles. The van der Waals surface area contributed by atoms with Crippen molar-refractivity contribution in [2.75, 3.05) is 18.5 Å². The van der Waals surface area contributed by atoms with Gasteiger partial charge in [-0.05, 0) is 45.5 Å². The molecule has 112 valence electrons. The fourth-order valence-corrected chi connectivity index (χ4v) is 4.12. The number of hydrogen-bond donors (Lipinski definition) is 0. The molecule has 0 aromatic carbocycles. The quantitative estimate of drug-likeness (QED) is 0.322. The van der Waals surface area contributed by atoms with E-state index in [-0.39, 0.29) is 21.7 Å². The van der Waals surface area contributed by atoms with Crippen LogP contribution in [0, 0.1) is 0 Å². The molecule has 0 aromatic rings. The molecule has 1 aliphatic rings. The maximum absolute atomic E-state index is 4.97. The molecule has 0 aromatic heterocycles. The van der Waals surface area contributed by atoms with Crippen molar-refractivity contribution in [2.24, 2.45) is 4.74 Å². The van der Waals surface area contributed by atoms with Gasteiger partial charge >= 0.3 is 0 Å². The molecule has 0 heterocycles. The Morgan fingerprint density at radius 1 is 1.10 bits per heavy atom. The van der Waals surface area contributed by atoms with E-state index in [0.717, 1.165) is 17.6 Å². The van der Waals surface area contributed by atoms with Gasteiger partial charge in [0.25, 0.3) is 0 Å². The Morgan fingerprint density at radius 3 is 1.80 bits per heavy atom. The van der Waals surface area contributed by atoms with Gasteiger partial charge in [-0.15, -0.1) is 0 Å². The molecule has 20 heavy (non-hydrogen) atoms. The topological polar surface area (TPSA) is 12.4 Å². The van der Waals surface area contributed by atoms with Crippen molar-refractivity contribution >= 4 is 7.05 Å². The zero-order valence-corrected chi connectivity index (χ0v) is 16.3. The minimum absolute atomic E-state index is 0. The van der Waals surface area contributed by atoms with Crippen LogP contribution in [-0.4, -0.2) is 18.5 Å². The number of rotatable bonds is 5. The van der Waals surface area contributed by atoms with Gasteiger partial charge in [-0.3, -0.25) is 4.74 Å². The zero-order chi connectivity index (χ0) is 14.9. The third-order valence-electron chi connectivity index (χ3n) is 3.59. The predicted octanol–water partition coefficient (Wildman–Crippen LogP) is 6.23. The summed E-state index contributed by atoms with van der Waals surface area (Å²) in [5.41, 5.74) is 3.43. The summed E-state index contributed by atoms with van der Waals surface area (Å²) in [6.07, 6.45) is 11.3. The van der Waals surface area contributed by atoms with E-state index in [1.165, 1.54) is 24.2 Å². The van der Waals surface area contributed by atoms with Gasteiger partial charge < -0.3 is 0 Å². The molecule has 0 bridgehead atoms. The van der Waals surface area contributed by atoms with Crippen LogP contribution in [0.1, 0.15) is 41.0 Å². The molecule has 0 N–H and O–H groups in total. The minimum Gasteiger partial charge on any atom is -0.272 e. The summed E-state index contributed by atoms with van der Waals surface area (Å²) in [4.78, 5) is 0. The fourth-order valence-electron chi connectivity index (χ4n) is 1.67. The fraction of sp³-hybridized carbons (Fsp3) is 0.529. The van der Waals surface area contributed by atoms with Crippen LogP contribution < -0.4 is 0 Å². The molecule has 1 rings (SSSR count). The molecule has 0 fully saturated rings. The Hall–Kier alpha value is -0.0957. The van der Waals surface area contributed by atoms with Crippen LogP contribution >= 0.6 is 7.05 Å². The van der Waals surface area contributed by atoms with Crippen LogP contribution in [0.5, 0.6) is 0 Å². The van der Waals surface area contributed by atoms with Crippen molar-refractivity contribution in [3.05, 3.63) is 48.2 Å². The molecule has 0 saturated carbocycles. The molecule has 0 spiro atoms. The molecular weight excluding hydrogens is 297 g/mol. The Balaban J connectivity index is 0. The molecule has 1 nitrogen and oxygen atoms in total. The first-order chi connectivity index (χ1) is 8.90. The second-order valence-corrected chi connectivity index (χ2v) is 9.28. The molecule has 0 atom stereocenters. The SMILES string of the molecule is C=C(C)C(=C)C.CCP(CC)(CC)=NC1=CC=CC1.[Ti]. The monoisotopic (exact) mass is 327 g/mol. The van der Waals surface area contributed by atoms with E-state index in [2.05, 4.69) is 52.2 Å². The summed E-state index contributed by atoms with van der Waals surface area (Å²) in [5.74, 6) is 0. The summed E-state index contributed by atoms with van der Waals surface area (Å²) in [6, 6.07) is 0. The first kappa shape index (κ1) is 22.2. The number of hydrogen-bond acceptors (Lipinski definition) is 1. The third-order valence-corrected chi connectivity index (χ3v) is 7.80. The molecule has 1 aliphatic carbocycles. The molecule has 0 amide bonds. The number of nitrogens with zero attached hydrogens (tertiary/aromatic N) is 1. The van der Waals surface area contributed by atoms with Crippen molar-refractivity contribution in [3.63, 3.8) is 0 Å². The second kappa shape index (κ2) is 11.6. The van der Waals surface area contributed by atoms with Crippen LogP contribution in [0.15, 0.2) is 53.0 Å². The molecule has 3 heteroatoms. The average molecular weight is 327 g/mol. The number of allylic oxidation sites excluding steroid dienone is 5. The van der Waals surface area contributed by atoms with Gasteiger partial charge in [-0.25, -0.2) is 0 Å². The van der Waals surface area contributed by atoms with Crippen molar-refractivity contribution in [1.29, 1.82) is 0 Å². The van der Waals surface area contributed by atoms with E-state index < -0.39 is 7.05 Å². The normalized spacial score (nSPS) is 12.8. The first-order valence-electron chi connectivity index (χ1n) is 7.17. The van der Waals surface area contributed by atoms with Gasteiger partial charge in [0.15, 0.2) is 0 Å². The van der Waals surface area contributed by atoms with Gasteiger partial charge in [0.1, 0.15) is 0 Å². The minimum atomic E-state index is -0.971. The predicted molar refractivity (Wildman–Crippen MR) is 92.4 cm³/mol. The van der Waals surface area contributed by atoms with E-state index in [0.29, 0.717) is 0 Å². The molecule has 0 radical (unpaired) electrons. The molecule has 0 saturated heterocycles. The maximum Gasteiger partial charge on any atom is 0.0425 e. The van der Waals surface area contributed by atoms with E-state index in [1.807, 2.05) is 13.8 Å².